The van der Waals surface area contributed by atoms with Gasteiger partial charge in [-0.1, -0.05) is 24.3 Å². The number of imide groups is 1. The van der Waals surface area contributed by atoms with Crippen molar-refractivity contribution in [1.82, 2.24) is 10.2 Å². The van der Waals surface area contributed by atoms with E-state index in [2.05, 4.69) is 17.4 Å². The number of nitrogens with one attached hydrogen (secondary N) is 1. The van der Waals surface area contributed by atoms with E-state index in [-0.39, 0.29) is 35.7 Å². The van der Waals surface area contributed by atoms with Crippen molar-refractivity contribution in [3.05, 3.63) is 35.4 Å². The fraction of sp³-hybridized carbons (Fsp3) is 0.500. The van der Waals surface area contributed by atoms with E-state index in [1.807, 2.05) is 32.9 Å². The molecule has 2 amide bonds. The third-order valence-electron chi connectivity index (χ3n) is 4.81. The van der Waals surface area contributed by atoms with E-state index >= 15 is 0 Å². The van der Waals surface area contributed by atoms with Crippen LogP contribution in [0.5, 0.6) is 0 Å². The highest BCUT2D eigenvalue weighted by Gasteiger charge is 2.64. The molecule has 2 saturated heterocycles. The second kappa shape index (κ2) is 3.50. The monoisotopic (exact) mass is 270 g/mol. The predicted molar refractivity (Wildman–Crippen MR) is 73.6 cm³/mol. The fourth-order valence-electron chi connectivity index (χ4n) is 4.12. The minimum Gasteiger partial charge on any atom is -0.301 e. The van der Waals surface area contributed by atoms with Crippen molar-refractivity contribution in [2.75, 3.05) is 0 Å². The van der Waals surface area contributed by atoms with Gasteiger partial charge in [-0.25, -0.2) is 0 Å². The van der Waals surface area contributed by atoms with Gasteiger partial charge in [0.2, 0.25) is 11.8 Å². The molecule has 104 valence electrons. The number of rotatable bonds is 0. The van der Waals surface area contributed by atoms with E-state index in [1.165, 1.54) is 16.0 Å². The van der Waals surface area contributed by atoms with Crippen molar-refractivity contribution in [2.45, 2.75) is 38.4 Å². The van der Waals surface area contributed by atoms with E-state index in [0.29, 0.717) is 0 Å². The van der Waals surface area contributed by atoms with Crippen LogP contribution in [0.4, 0.5) is 0 Å². The summed E-state index contributed by atoms with van der Waals surface area (Å²) < 4.78 is 0. The van der Waals surface area contributed by atoms with E-state index in [0.717, 1.165) is 0 Å². The summed E-state index contributed by atoms with van der Waals surface area (Å²) in [6.07, 6.45) is 0. The minimum absolute atomic E-state index is 0.00463. The molecule has 1 aromatic rings. The summed E-state index contributed by atoms with van der Waals surface area (Å²) in [5.74, 6) is -0.466. The van der Waals surface area contributed by atoms with Gasteiger partial charge in [-0.05, 0) is 31.9 Å². The maximum absolute atomic E-state index is 12.7. The molecule has 0 unspecified atom stereocenters. The van der Waals surface area contributed by atoms with E-state index in [1.54, 1.807) is 0 Å². The Labute approximate surface area is 118 Å². The van der Waals surface area contributed by atoms with Gasteiger partial charge in [0.15, 0.2) is 0 Å². The van der Waals surface area contributed by atoms with Crippen molar-refractivity contribution in [3.63, 3.8) is 0 Å². The first-order valence-corrected chi connectivity index (χ1v) is 7.14. The van der Waals surface area contributed by atoms with Crippen LogP contribution < -0.4 is 5.32 Å². The molecular formula is C16H18N2O2. The lowest BCUT2D eigenvalue weighted by Crippen LogP contribution is -2.47. The van der Waals surface area contributed by atoms with Crippen molar-refractivity contribution in [3.8, 4) is 0 Å². The van der Waals surface area contributed by atoms with Crippen LogP contribution in [0, 0.1) is 11.8 Å². The highest BCUT2D eigenvalue weighted by Crippen LogP contribution is 2.56. The zero-order chi connectivity index (χ0) is 14.2. The zero-order valence-corrected chi connectivity index (χ0v) is 11.9. The molecule has 0 spiro atoms. The van der Waals surface area contributed by atoms with Crippen LogP contribution >= 0.6 is 0 Å². The van der Waals surface area contributed by atoms with Crippen LogP contribution in [-0.2, 0) is 9.59 Å². The molecule has 4 atom stereocenters. The summed E-state index contributed by atoms with van der Waals surface area (Å²) in [6.45, 7) is 5.77. The van der Waals surface area contributed by atoms with E-state index in [9.17, 15) is 9.59 Å². The number of hydrogen-bond acceptors (Lipinski definition) is 3. The third-order valence-corrected chi connectivity index (χ3v) is 4.81. The lowest BCUT2D eigenvalue weighted by Gasteiger charge is -2.31. The molecule has 3 aliphatic rings. The summed E-state index contributed by atoms with van der Waals surface area (Å²) in [7, 11) is 0. The number of amides is 2. The molecule has 0 saturated carbocycles. The standard InChI is InChI=1S/C16H18N2O2/c1-16(2,3)18-14(19)10-11(15(18)20)13-9-7-5-4-6-8(9)12(10)17-13/h4-7,10-13,17H,1-3H3/t10-,11+,12-,13+. The molecule has 1 aromatic carbocycles. The van der Waals surface area contributed by atoms with Gasteiger partial charge in [0.05, 0.1) is 11.8 Å². The van der Waals surface area contributed by atoms with Crippen LogP contribution in [-0.4, -0.2) is 22.3 Å². The van der Waals surface area contributed by atoms with Crippen LogP contribution in [0.15, 0.2) is 24.3 Å². The van der Waals surface area contributed by atoms with Crippen LogP contribution in [0.3, 0.4) is 0 Å². The highest BCUT2D eigenvalue weighted by molar-refractivity contribution is 6.07. The van der Waals surface area contributed by atoms with Crippen LogP contribution in [0.1, 0.15) is 44.0 Å². The van der Waals surface area contributed by atoms with Gasteiger partial charge in [0.25, 0.3) is 0 Å². The van der Waals surface area contributed by atoms with E-state index < -0.39 is 5.54 Å². The Kier molecular flexibility index (Phi) is 2.11. The van der Waals surface area contributed by atoms with Crippen molar-refractivity contribution in [2.24, 2.45) is 11.8 Å². The predicted octanol–water partition coefficient (Wildman–Crippen LogP) is 1.79. The lowest BCUT2D eigenvalue weighted by atomic mass is 9.77. The van der Waals surface area contributed by atoms with Crippen molar-refractivity contribution >= 4 is 11.8 Å². The fourth-order valence-corrected chi connectivity index (χ4v) is 4.12. The Morgan fingerprint density at radius 2 is 1.40 bits per heavy atom. The van der Waals surface area contributed by atoms with Gasteiger partial charge < -0.3 is 5.32 Å². The van der Waals surface area contributed by atoms with Crippen molar-refractivity contribution in [1.29, 1.82) is 0 Å². The summed E-state index contributed by atoms with van der Waals surface area (Å²) in [6, 6.07) is 8.15. The molecular weight excluding hydrogens is 252 g/mol. The summed E-state index contributed by atoms with van der Waals surface area (Å²) >= 11 is 0. The number of nitrogens with zero attached hydrogens (tertiary/aromatic N) is 1. The second-order valence-electron chi connectivity index (χ2n) is 6.99. The smallest absolute Gasteiger partial charge is 0.235 e. The molecule has 4 nitrogen and oxygen atoms in total. The molecule has 0 aliphatic carbocycles. The normalized spacial score (nSPS) is 34.6. The Morgan fingerprint density at radius 1 is 0.950 bits per heavy atom. The van der Waals surface area contributed by atoms with E-state index in [4.69, 9.17) is 0 Å². The Balaban J connectivity index is 1.82. The molecule has 4 rings (SSSR count). The number of likely N-dealkylation sites (tertiary alicyclic amines) is 1. The summed E-state index contributed by atoms with van der Waals surface area (Å²) in [5, 5.41) is 3.46. The van der Waals surface area contributed by atoms with Crippen LogP contribution in [0.2, 0.25) is 0 Å². The second-order valence-corrected chi connectivity index (χ2v) is 6.99. The quantitative estimate of drug-likeness (QED) is 0.731. The van der Waals surface area contributed by atoms with Gasteiger partial charge in [0, 0.05) is 17.6 Å². The van der Waals surface area contributed by atoms with Gasteiger partial charge in [0.1, 0.15) is 0 Å². The van der Waals surface area contributed by atoms with Gasteiger partial charge in [-0.15, -0.1) is 0 Å². The topological polar surface area (TPSA) is 49.4 Å². The molecule has 4 heteroatoms. The first-order chi connectivity index (χ1) is 9.41. The average molecular weight is 270 g/mol. The largest absolute Gasteiger partial charge is 0.301 e. The Bertz CT molecular complexity index is 585. The Morgan fingerprint density at radius 3 is 1.80 bits per heavy atom. The van der Waals surface area contributed by atoms with Gasteiger partial charge >= 0.3 is 0 Å². The summed E-state index contributed by atoms with van der Waals surface area (Å²) in [5.41, 5.74) is 1.94. The number of fused-ring (bicyclic) bond motifs is 8. The first-order valence-electron chi connectivity index (χ1n) is 7.14. The van der Waals surface area contributed by atoms with Gasteiger partial charge in [-0.3, -0.25) is 14.5 Å². The molecule has 2 fully saturated rings. The molecule has 0 radical (unpaired) electrons. The molecule has 1 N–H and O–H groups in total. The lowest BCUT2D eigenvalue weighted by molar-refractivity contribution is -0.146. The average Bonchev–Trinajstić information content (AvgIpc) is 2.99. The highest BCUT2D eigenvalue weighted by atomic mass is 16.2. The third kappa shape index (κ3) is 1.25. The van der Waals surface area contributed by atoms with Crippen LogP contribution in [0.25, 0.3) is 0 Å². The molecule has 3 heterocycles. The molecule has 0 aromatic heterocycles. The number of carbonyl (C=O) groups is 2. The number of carbonyl (C=O) groups excluding carboxylic acids is 2. The zero-order valence-electron chi connectivity index (χ0n) is 11.9. The van der Waals surface area contributed by atoms with Crippen molar-refractivity contribution < 1.29 is 9.59 Å². The first kappa shape index (κ1) is 12.1. The molecule has 20 heavy (non-hydrogen) atoms. The summed E-state index contributed by atoms with van der Waals surface area (Å²) in [4.78, 5) is 26.9. The SMILES string of the molecule is CC(C)(C)N1C(=O)[C@@H]2[C@H](C1=O)[C@H]1N[C@@H]2c2ccccc21. The molecule has 3 aliphatic heterocycles. The number of benzene rings is 1. The van der Waals surface area contributed by atoms with Gasteiger partial charge in [-0.2, -0.15) is 0 Å². The number of hydrogen-bond donors (Lipinski definition) is 1. The maximum Gasteiger partial charge on any atom is 0.235 e. The molecule has 2 bridgehead atoms. The maximum atomic E-state index is 12.7. The minimum atomic E-state index is -0.440. The Hall–Kier alpha value is -1.68.